The molecule has 0 aromatic heterocycles. The average Bonchev–Trinajstić information content (AvgIpc) is 3.04. The van der Waals surface area contributed by atoms with Crippen molar-refractivity contribution in [3.05, 3.63) is 57.6 Å². The van der Waals surface area contributed by atoms with Gasteiger partial charge in [-0.15, -0.1) is 0 Å². The molecule has 2 heterocycles. The Morgan fingerprint density at radius 3 is 1.98 bits per heavy atom. The number of likely N-dealkylation sites (N-methyl/N-ethyl adjacent to an activating group) is 2. The Bertz CT molecular complexity index is 1610. The van der Waals surface area contributed by atoms with Crippen molar-refractivity contribution in [1.82, 2.24) is 9.80 Å². The molecule has 13 heteroatoms. The molecule has 2 aromatic rings. The van der Waals surface area contributed by atoms with Crippen molar-refractivity contribution >= 4 is 11.6 Å². The standard InChI is InChI=1S/C36H48N2O11/c1-8-36(45)15-24(48-25-13-21(37(4)5)30(40)16(2)46-25)28-20(35(36)49-26-14-22(38(6)7)31(41)17(3)47-26)12-19-29(34(28)44)33(43)27-18(32(19)42)10-9-11-23(27)39/h9-12,16-17,21-22,24-26,30-31,35,39-41,44-45H,8,13-15H2,1-7H3/t16-,17-,21-,22-,24-,25-,26-,30+,31+,35-,36+/m0/s1. The zero-order chi connectivity index (χ0) is 35.7. The van der Waals surface area contributed by atoms with E-state index in [4.69, 9.17) is 18.9 Å². The van der Waals surface area contributed by atoms with E-state index < -0.39 is 72.1 Å². The number of aliphatic hydroxyl groups excluding tert-OH is 2. The number of phenolic OH excluding ortho intramolecular Hbond substituents is 2. The number of benzene rings is 2. The number of ether oxygens (including phenoxy) is 4. The number of carbonyl (C=O) groups is 2. The number of rotatable bonds is 7. The minimum atomic E-state index is -1.60. The Morgan fingerprint density at radius 1 is 0.857 bits per heavy atom. The van der Waals surface area contributed by atoms with Crippen LogP contribution in [0.2, 0.25) is 0 Å². The number of hydrogen-bond donors (Lipinski definition) is 5. The summed E-state index contributed by atoms with van der Waals surface area (Å²) in [6.45, 7) is 5.27. The van der Waals surface area contributed by atoms with Crippen molar-refractivity contribution in [2.45, 2.75) is 113 Å². The van der Waals surface area contributed by atoms with E-state index in [9.17, 15) is 35.1 Å². The molecule has 2 aliphatic carbocycles. The van der Waals surface area contributed by atoms with Gasteiger partial charge in [0.25, 0.3) is 0 Å². The molecule has 11 atom stereocenters. The molecule has 268 valence electrons. The second-order valence-electron chi connectivity index (χ2n) is 14.4. The van der Waals surface area contributed by atoms with Gasteiger partial charge in [0.2, 0.25) is 5.78 Å². The summed E-state index contributed by atoms with van der Waals surface area (Å²) in [4.78, 5) is 31.6. The SMILES string of the molecule is CC[C@@]1(O)C[C@H](O[C@H]2C[C@H](N(C)C)[C@H](O)[C@H](C)O2)c2c(cc3c(c2O)C(=O)c2c(O)cccc2C3=O)[C@@H]1O[C@H]1C[C@H](N(C)C)[C@H](O)[C@H](C)O1. The first-order valence-corrected chi connectivity index (χ1v) is 16.9. The van der Waals surface area contributed by atoms with Gasteiger partial charge in [-0.1, -0.05) is 19.1 Å². The summed E-state index contributed by atoms with van der Waals surface area (Å²) in [5.41, 5.74) is -1.78. The number of aromatic hydroxyl groups is 2. The fourth-order valence-electron chi connectivity index (χ4n) is 7.96. The van der Waals surface area contributed by atoms with Gasteiger partial charge in [0.15, 0.2) is 18.4 Å². The van der Waals surface area contributed by atoms with Gasteiger partial charge in [0.1, 0.15) is 17.6 Å². The van der Waals surface area contributed by atoms with Crippen molar-refractivity contribution in [3.63, 3.8) is 0 Å². The molecule has 2 aromatic carbocycles. The van der Waals surface area contributed by atoms with Crippen LogP contribution in [-0.4, -0.2) is 130 Å². The highest BCUT2D eigenvalue weighted by atomic mass is 16.7. The number of nitrogens with zero attached hydrogens (tertiary/aromatic N) is 2. The van der Waals surface area contributed by atoms with Crippen LogP contribution < -0.4 is 0 Å². The minimum Gasteiger partial charge on any atom is -0.507 e. The largest absolute Gasteiger partial charge is 0.507 e. The van der Waals surface area contributed by atoms with Crippen LogP contribution >= 0.6 is 0 Å². The van der Waals surface area contributed by atoms with Crippen molar-refractivity contribution in [2.24, 2.45) is 0 Å². The Balaban J connectivity index is 1.48. The van der Waals surface area contributed by atoms with Gasteiger partial charge in [-0.25, -0.2) is 0 Å². The predicted octanol–water partition coefficient (Wildman–Crippen LogP) is 2.39. The first-order valence-electron chi connectivity index (χ1n) is 16.9. The van der Waals surface area contributed by atoms with E-state index in [1.807, 2.05) is 38.0 Å². The summed E-state index contributed by atoms with van der Waals surface area (Å²) < 4.78 is 25.3. The summed E-state index contributed by atoms with van der Waals surface area (Å²) in [6, 6.07) is 5.07. The Hall–Kier alpha value is -2.98. The molecule has 49 heavy (non-hydrogen) atoms. The maximum Gasteiger partial charge on any atom is 0.201 e. The predicted molar refractivity (Wildman–Crippen MR) is 175 cm³/mol. The molecule has 13 nitrogen and oxygen atoms in total. The summed E-state index contributed by atoms with van der Waals surface area (Å²) in [5.74, 6) is -2.19. The number of carbonyl (C=O) groups excluding carboxylic acids is 2. The molecule has 0 bridgehead atoms. The zero-order valence-corrected chi connectivity index (χ0v) is 29.0. The monoisotopic (exact) mass is 684 g/mol. The summed E-state index contributed by atoms with van der Waals surface area (Å²) in [6.07, 6.45) is -6.00. The van der Waals surface area contributed by atoms with Crippen molar-refractivity contribution in [1.29, 1.82) is 0 Å². The first kappa shape index (κ1) is 35.8. The van der Waals surface area contributed by atoms with E-state index in [0.29, 0.717) is 0 Å². The highest BCUT2D eigenvalue weighted by molar-refractivity contribution is 6.30. The normalized spacial score (nSPS) is 36.1. The topological polar surface area (TPSA) is 179 Å². The quantitative estimate of drug-likeness (QED) is 0.245. The molecule has 2 aliphatic heterocycles. The van der Waals surface area contributed by atoms with Gasteiger partial charge in [-0.3, -0.25) is 9.59 Å². The number of fused-ring (bicyclic) bond motifs is 3. The van der Waals surface area contributed by atoms with Crippen LogP contribution in [-0.2, 0) is 18.9 Å². The lowest BCUT2D eigenvalue weighted by Gasteiger charge is -2.48. The van der Waals surface area contributed by atoms with Crippen LogP contribution in [0.25, 0.3) is 0 Å². The lowest BCUT2D eigenvalue weighted by Crippen LogP contribution is -2.55. The summed E-state index contributed by atoms with van der Waals surface area (Å²) >= 11 is 0. The molecule has 0 spiro atoms. The number of phenols is 2. The van der Waals surface area contributed by atoms with Crippen LogP contribution in [0.3, 0.4) is 0 Å². The van der Waals surface area contributed by atoms with Gasteiger partial charge in [0.05, 0.1) is 47.2 Å². The van der Waals surface area contributed by atoms with Gasteiger partial charge >= 0.3 is 0 Å². The average molecular weight is 685 g/mol. The molecule has 0 saturated carbocycles. The minimum absolute atomic E-state index is 0.00573. The van der Waals surface area contributed by atoms with E-state index >= 15 is 0 Å². The first-order chi connectivity index (χ1) is 23.1. The van der Waals surface area contributed by atoms with Crippen molar-refractivity contribution in [3.8, 4) is 11.5 Å². The third kappa shape index (κ3) is 6.08. The second-order valence-corrected chi connectivity index (χ2v) is 14.4. The highest BCUT2D eigenvalue weighted by Gasteiger charge is 2.52. The molecule has 0 amide bonds. The van der Waals surface area contributed by atoms with E-state index in [1.54, 1.807) is 20.8 Å². The van der Waals surface area contributed by atoms with Crippen LogP contribution in [0.15, 0.2) is 24.3 Å². The Kier molecular flexibility index (Phi) is 9.72. The number of ketones is 2. The van der Waals surface area contributed by atoms with Gasteiger partial charge < -0.3 is 54.3 Å². The second kappa shape index (κ2) is 13.3. The third-order valence-corrected chi connectivity index (χ3v) is 10.9. The van der Waals surface area contributed by atoms with Gasteiger partial charge in [0, 0.05) is 48.0 Å². The maximum absolute atomic E-state index is 13.9. The lowest BCUT2D eigenvalue weighted by atomic mass is 9.71. The number of aliphatic hydroxyl groups is 3. The smallest absolute Gasteiger partial charge is 0.201 e. The van der Waals surface area contributed by atoms with Crippen LogP contribution in [0.4, 0.5) is 0 Å². The van der Waals surface area contributed by atoms with Gasteiger partial charge in [-0.2, -0.15) is 0 Å². The molecular formula is C36H48N2O11. The molecular weight excluding hydrogens is 636 g/mol. The lowest BCUT2D eigenvalue weighted by molar-refractivity contribution is -0.289. The third-order valence-electron chi connectivity index (χ3n) is 10.9. The zero-order valence-electron chi connectivity index (χ0n) is 29.0. The molecule has 4 aliphatic rings. The molecule has 6 rings (SSSR count). The van der Waals surface area contributed by atoms with Crippen LogP contribution in [0.5, 0.6) is 11.5 Å². The molecule has 2 saturated heterocycles. The van der Waals surface area contributed by atoms with E-state index in [-0.39, 0.29) is 76.9 Å². The fraction of sp³-hybridized carbons (Fsp3) is 0.611. The fourth-order valence-corrected chi connectivity index (χ4v) is 7.96. The Labute approximate surface area is 285 Å². The number of hydrogen-bond acceptors (Lipinski definition) is 13. The van der Waals surface area contributed by atoms with E-state index in [2.05, 4.69) is 0 Å². The molecule has 2 fully saturated rings. The Morgan fingerprint density at radius 2 is 1.43 bits per heavy atom. The highest BCUT2D eigenvalue weighted by Crippen LogP contribution is 2.54. The maximum atomic E-state index is 13.9. The van der Waals surface area contributed by atoms with E-state index in [1.165, 1.54) is 24.3 Å². The molecule has 0 radical (unpaired) electrons. The van der Waals surface area contributed by atoms with Gasteiger partial charge in [-0.05, 0) is 66.2 Å². The summed E-state index contributed by atoms with van der Waals surface area (Å²) in [5, 5.41) is 56.6. The van der Waals surface area contributed by atoms with E-state index in [0.717, 1.165) is 0 Å². The molecule has 5 N–H and O–H groups in total. The molecule has 0 unspecified atom stereocenters. The van der Waals surface area contributed by atoms with Crippen LogP contribution in [0, 0.1) is 0 Å². The van der Waals surface area contributed by atoms with Crippen molar-refractivity contribution < 1.29 is 54.1 Å². The summed E-state index contributed by atoms with van der Waals surface area (Å²) in [7, 11) is 7.39. The van der Waals surface area contributed by atoms with Crippen molar-refractivity contribution in [2.75, 3.05) is 28.2 Å². The van der Waals surface area contributed by atoms with Crippen LogP contribution in [0.1, 0.15) is 102 Å².